The maximum Gasteiger partial charge on any atom is 0.522 e. The van der Waals surface area contributed by atoms with E-state index >= 15 is 0 Å². The molecule has 0 unspecified atom stereocenters. The van der Waals surface area contributed by atoms with Gasteiger partial charge in [0.1, 0.15) is 24.3 Å². The third-order valence-electron chi connectivity index (χ3n) is 6.52. The highest BCUT2D eigenvalue weighted by molar-refractivity contribution is 5.85. The molecule has 2 heterocycles. The van der Waals surface area contributed by atoms with E-state index in [1.54, 1.807) is 6.07 Å². The van der Waals surface area contributed by atoms with Crippen molar-refractivity contribution in [2.75, 3.05) is 18.5 Å². The van der Waals surface area contributed by atoms with Gasteiger partial charge in [0, 0.05) is 23.4 Å². The summed E-state index contributed by atoms with van der Waals surface area (Å²) in [5.74, 6) is -0.353. The molecule has 1 saturated heterocycles. The standard InChI is InChI=1S/C18H21F5N4O3/c1-9-11(30-18(21,22)23)3-27(9)14(29)10(4-28)26-13-2-12(24-8-25-13)16-5-17(6-16,7-16)15(19)20/h2,8-11,15,28H,3-7H2,1H3,(H,24,25,26)/t9-,10+,11-,16?,17?/m0/s1. The lowest BCUT2D eigenvalue weighted by molar-refractivity contribution is -0.359. The lowest BCUT2D eigenvalue weighted by Crippen LogP contribution is -2.67. The van der Waals surface area contributed by atoms with Gasteiger partial charge in [-0.1, -0.05) is 0 Å². The van der Waals surface area contributed by atoms with Gasteiger partial charge in [-0.25, -0.2) is 18.7 Å². The number of ether oxygens (including phenoxy) is 1. The zero-order chi connectivity index (χ0) is 21.9. The average molecular weight is 436 g/mol. The van der Waals surface area contributed by atoms with E-state index in [0.717, 1.165) is 0 Å². The second-order valence-electron chi connectivity index (χ2n) is 8.47. The van der Waals surface area contributed by atoms with Crippen LogP contribution >= 0.6 is 0 Å². The van der Waals surface area contributed by atoms with Crippen LogP contribution in [0.3, 0.4) is 0 Å². The summed E-state index contributed by atoms with van der Waals surface area (Å²) in [5.41, 5.74) is -0.712. The summed E-state index contributed by atoms with van der Waals surface area (Å²) in [6, 6.07) is -0.357. The number of carbonyl (C=O) groups is 1. The average Bonchev–Trinajstić information content (AvgIpc) is 2.59. The number of anilines is 1. The fourth-order valence-electron chi connectivity index (χ4n) is 4.83. The smallest absolute Gasteiger partial charge is 0.394 e. The topological polar surface area (TPSA) is 87.6 Å². The van der Waals surface area contributed by atoms with Crippen LogP contribution in [-0.4, -0.2) is 70.0 Å². The first kappa shape index (κ1) is 21.2. The minimum Gasteiger partial charge on any atom is -0.394 e. The van der Waals surface area contributed by atoms with Crippen molar-refractivity contribution in [3.05, 3.63) is 18.1 Å². The van der Waals surface area contributed by atoms with E-state index in [0.29, 0.717) is 25.0 Å². The molecule has 1 aromatic rings. The van der Waals surface area contributed by atoms with E-state index < -0.39 is 54.3 Å². The van der Waals surface area contributed by atoms with E-state index in [4.69, 9.17) is 0 Å². The van der Waals surface area contributed by atoms with E-state index in [-0.39, 0.29) is 12.4 Å². The Morgan fingerprint density at radius 1 is 1.37 bits per heavy atom. The molecular weight excluding hydrogens is 415 g/mol. The number of likely N-dealkylation sites (tertiary alicyclic amines) is 1. The first-order chi connectivity index (χ1) is 14.0. The van der Waals surface area contributed by atoms with Crippen molar-refractivity contribution in [1.82, 2.24) is 14.9 Å². The first-order valence-electron chi connectivity index (χ1n) is 9.52. The van der Waals surface area contributed by atoms with Gasteiger partial charge in [0.15, 0.2) is 0 Å². The minimum atomic E-state index is -4.79. The van der Waals surface area contributed by atoms with Gasteiger partial charge in [-0.2, -0.15) is 0 Å². The van der Waals surface area contributed by atoms with Gasteiger partial charge in [-0.3, -0.25) is 9.53 Å². The Hall–Kier alpha value is -2.08. The largest absolute Gasteiger partial charge is 0.522 e. The number of alkyl halides is 5. The summed E-state index contributed by atoms with van der Waals surface area (Å²) in [4.78, 5) is 22.0. The summed E-state index contributed by atoms with van der Waals surface area (Å²) < 4.78 is 67.1. The normalized spacial score (nSPS) is 33.4. The molecule has 3 atom stereocenters. The number of nitrogens with zero attached hydrogens (tertiary/aromatic N) is 3. The van der Waals surface area contributed by atoms with Gasteiger partial charge in [0.25, 0.3) is 0 Å². The Morgan fingerprint density at radius 2 is 2.03 bits per heavy atom. The van der Waals surface area contributed by atoms with Gasteiger partial charge >= 0.3 is 6.36 Å². The van der Waals surface area contributed by atoms with Crippen molar-refractivity contribution in [2.24, 2.45) is 5.41 Å². The molecular formula is C18H21F5N4O3. The third kappa shape index (κ3) is 3.39. The SMILES string of the molecule is C[C@H]1[C@@H](OC(F)(F)F)CN1C(=O)[C@@H](CO)Nc1cc(C23CC(C(F)F)(C2)C3)ncn1. The lowest BCUT2D eigenvalue weighted by Gasteiger charge is -2.69. The maximum absolute atomic E-state index is 13.1. The molecule has 166 valence electrons. The van der Waals surface area contributed by atoms with Gasteiger partial charge in [0.2, 0.25) is 12.3 Å². The molecule has 4 fully saturated rings. The molecule has 4 aliphatic rings. The Balaban J connectivity index is 1.38. The number of nitrogens with one attached hydrogen (secondary N) is 1. The number of aliphatic hydroxyl groups excluding tert-OH is 1. The Morgan fingerprint density at radius 3 is 2.57 bits per heavy atom. The quantitative estimate of drug-likeness (QED) is 0.637. The van der Waals surface area contributed by atoms with Crippen LogP contribution < -0.4 is 5.32 Å². The summed E-state index contributed by atoms with van der Waals surface area (Å²) >= 11 is 0. The van der Waals surface area contributed by atoms with E-state index in [1.807, 2.05) is 0 Å². The van der Waals surface area contributed by atoms with Crippen LogP contribution in [-0.2, 0) is 14.9 Å². The van der Waals surface area contributed by atoms with E-state index in [1.165, 1.54) is 18.2 Å². The van der Waals surface area contributed by atoms with Crippen molar-refractivity contribution < 1.29 is 36.6 Å². The summed E-state index contributed by atoms with van der Waals surface area (Å²) in [5, 5.41) is 12.4. The first-order valence-corrected chi connectivity index (χ1v) is 9.52. The van der Waals surface area contributed by atoms with Gasteiger partial charge in [-0.05, 0) is 26.2 Å². The molecule has 7 nitrogen and oxygen atoms in total. The molecule has 2 bridgehead atoms. The highest BCUT2D eigenvalue weighted by Crippen LogP contribution is 2.75. The Labute approximate surface area is 168 Å². The highest BCUT2D eigenvalue weighted by Gasteiger charge is 2.73. The summed E-state index contributed by atoms with van der Waals surface area (Å²) in [7, 11) is 0. The fourth-order valence-corrected chi connectivity index (χ4v) is 4.83. The van der Waals surface area contributed by atoms with Crippen molar-refractivity contribution >= 4 is 11.7 Å². The number of rotatable bonds is 7. The Bertz CT molecular complexity index is 817. The molecule has 1 amide bonds. The zero-order valence-electron chi connectivity index (χ0n) is 16.0. The Kier molecular flexibility index (Phi) is 4.92. The summed E-state index contributed by atoms with van der Waals surface area (Å²) in [6.07, 6.45) is -6.01. The van der Waals surface area contributed by atoms with Crippen LogP contribution in [0.5, 0.6) is 0 Å². The number of aromatic nitrogens is 2. The molecule has 3 saturated carbocycles. The van der Waals surface area contributed by atoms with Crippen LogP contribution in [0.1, 0.15) is 31.9 Å². The molecule has 2 N–H and O–H groups in total. The predicted octanol–water partition coefficient (Wildman–Crippen LogP) is 2.07. The highest BCUT2D eigenvalue weighted by atomic mass is 19.4. The van der Waals surface area contributed by atoms with E-state index in [9.17, 15) is 31.9 Å². The van der Waals surface area contributed by atoms with Gasteiger partial charge in [0.05, 0.1) is 18.3 Å². The molecule has 30 heavy (non-hydrogen) atoms. The van der Waals surface area contributed by atoms with Gasteiger partial charge < -0.3 is 15.3 Å². The third-order valence-corrected chi connectivity index (χ3v) is 6.52. The predicted molar refractivity (Wildman–Crippen MR) is 92.6 cm³/mol. The minimum absolute atomic E-state index is 0.236. The van der Waals surface area contributed by atoms with Crippen molar-refractivity contribution in [3.63, 3.8) is 0 Å². The summed E-state index contributed by atoms with van der Waals surface area (Å²) in [6.45, 7) is 0.577. The molecule has 0 radical (unpaired) electrons. The molecule has 1 aliphatic heterocycles. The molecule has 1 aromatic heterocycles. The molecule has 3 aliphatic carbocycles. The second kappa shape index (κ2) is 6.98. The number of hydrogen-bond acceptors (Lipinski definition) is 6. The number of halogens is 5. The molecule has 0 spiro atoms. The van der Waals surface area contributed by atoms with Gasteiger partial charge in [-0.15, -0.1) is 13.2 Å². The lowest BCUT2D eigenvalue weighted by atomic mass is 9.34. The zero-order valence-corrected chi connectivity index (χ0v) is 16.0. The van der Waals surface area contributed by atoms with Crippen molar-refractivity contribution in [3.8, 4) is 0 Å². The molecule has 5 rings (SSSR count). The van der Waals surface area contributed by atoms with Crippen molar-refractivity contribution in [1.29, 1.82) is 0 Å². The fraction of sp³-hybridized carbons (Fsp3) is 0.722. The van der Waals surface area contributed by atoms with Crippen LogP contribution in [0.25, 0.3) is 0 Å². The van der Waals surface area contributed by atoms with Crippen LogP contribution in [0.4, 0.5) is 27.8 Å². The monoisotopic (exact) mass is 436 g/mol. The van der Waals surface area contributed by atoms with Crippen molar-refractivity contribution in [2.45, 2.75) is 62.6 Å². The number of hydrogen-bond donors (Lipinski definition) is 2. The number of carbonyl (C=O) groups excluding carboxylic acids is 1. The maximum atomic E-state index is 13.1. The molecule has 0 aromatic carbocycles. The van der Waals surface area contributed by atoms with Crippen LogP contribution in [0.15, 0.2) is 12.4 Å². The second-order valence-corrected chi connectivity index (χ2v) is 8.47. The van der Waals surface area contributed by atoms with Crippen LogP contribution in [0.2, 0.25) is 0 Å². The van der Waals surface area contributed by atoms with Crippen LogP contribution in [0, 0.1) is 5.41 Å². The van der Waals surface area contributed by atoms with E-state index in [2.05, 4.69) is 20.0 Å². The number of aliphatic hydroxyl groups is 1. The molecule has 12 heteroatoms. The number of amides is 1.